The molecule has 0 saturated carbocycles. The van der Waals surface area contributed by atoms with Gasteiger partial charge in [0.15, 0.2) is 17.4 Å². The lowest BCUT2D eigenvalue weighted by molar-refractivity contribution is 0.232. The molecule has 142 valence electrons. The lowest BCUT2D eigenvalue weighted by atomic mass is 10.3. The molecule has 0 atom stereocenters. The number of aliphatic imine (C=N–C) groups is 1. The monoisotopic (exact) mass is 367 g/mol. The molecule has 0 saturated heterocycles. The summed E-state index contributed by atoms with van der Waals surface area (Å²) in [5, 5.41) is 14.9. The molecule has 0 aromatic carbocycles. The van der Waals surface area contributed by atoms with Gasteiger partial charge in [-0.25, -0.2) is 9.98 Å². The van der Waals surface area contributed by atoms with Gasteiger partial charge < -0.3 is 15.4 Å². The van der Waals surface area contributed by atoms with Crippen molar-refractivity contribution in [3.63, 3.8) is 0 Å². The molecule has 0 radical (unpaired) electrons. The van der Waals surface area contributed by atoms with Crippen molar-refractivity contribution in [3.05, 3.63) is 54.1 Å². The average Bonchev–Trinajstić information content (AvgIpc) is 3.08. The van der Waals surface area contributed by atoms with Crippen LogP contribution >= 0.6 is 0 Å². The minimum absolute atomic E-state index is 0.110. The first-order valence-electron chi connectivity index (χ1n) is 9.08. The number of nitrogens with one attached hydrogen (secondary N) is 2. The topological polar surface area (TPSA) is 88.7 Å². The molecular formula is C19H25N7O. The number of hydrogen-bond acceptors (Lipinski definition) is 5. The highest BCUT2D eigenvalue weighted by molar-refractivity contribution is 5.79. The fraction of sp³-hybridized carbons (Fsp3) is 0.368. The van der Waals surface area contributed by atoms with Crippen LogP contribution in [0, 0.1) is 0 Å². The van der Waals surface area contributed by atoms with E-state index in [2.05, 4.69) is 30.8 Å². The SMILES string of the molecule is CCNC(=NCc1ccc(OC(C)C)nc1)NCc1nnc2ccccn12. The Kier molecular flexibility index (Phi) is 6.19. The molecule has 0 amide bonds. The molecule has 0 unspecified atom stereocenters. The first-order valence-corrected chi connectivity index (χ1v) is 9.08. The summed E-state index contributed by atoms with van der Waals surface area (Å²) in [7, 11) is 0. The van der Waals surface area contributed by atoms with Gasteiger partial charge in [0.25, 0.3) is 0 Å². The van der Waals surface area contributed by atoms with E-state index in [0.29, 0.717) is 24.9 Å². The first-order chi connectivity index (χ1) is 13.2. The minimum Gasteiger partial charge on any atom is -0.475 e. The number of ether oxygens (including phenoxy) is 1. The Bertz CT molecular complexity index is 886. The van der Waals surface area contributed by atoms with Gasteiger partial charge in [-0.05, 0) is 38.5 Å². The van der Waals surface area contributed by atoms with Crippen LogP contribution in [0.15, 0.2) is 47.7 Å². The molecule has 27 heavy (non-hydrogen) atoms. The van der Waals surface area contributed by atoms with E-state index in [-0.39, 0.29) is 6.10 Å². The van der Waals surface area contributed by atoms with Crippen molar-refractivity contribution < 1.29 is 4.74 Å². The van der Waals surface area contributed by atoms with Crippen molar-refractivity contribution in [2.45, 2.75) is 40.0 Å². The molecule has 0 spiro atoms. The second-order valence-corrected chi connectivity index (χ2v) is 6.27. The number of guanidine groups is 1. The van der Waals surface area contributed by atoms with Gasteiger partial charge in [-0.2, -0.15) is 0 Å². The third-order valence-electron chi connectivity index (χ3n) is 3.72. The smallest absolute Gasteiger partial charge is 0.213 e. The van der Waals surface area contributed by atoms with Crippen LogP contribution in [0.1, 0.15) is 32.2 Å². The fourth-order valence-corrected chi connectivity index (χ4v) is 2.50. The summed E-state index contributed by atoms with van der Waals surface area (Å²) >= 11 is 0. The van der Waals surface area contributed by atoms with Gasteiger partial charge in [0.05, 0.1) is 19.2 Å². The number of pyridine rings is 2. The molecule has 3 aromatic heterocycles. The van der Waals surface area contributed by atoms with Crippen LogP contribution in [-0.4, -0.2) is 38.2 Å². The Morgan fingerprint density at radius 1 is 1.19 bits per heavy atom. The number of fused-ring (bicyclic) bond motifs is 1. The number of nitrogens with zero attached hydrogens (tertiary/aromatic N) is 5. The number of hydrogen-bond donors (Lipinski definition) is 2. The molecule has 0 aliphatic heterocycles. The van der Waals surface area contributed by atoms with Gasteiger partial charge in [-0.3, -0.25) is 4.40 Å². The number of rotatable bonds is 7. The van der Waals surface area contributed by atoms with Gasteiger partial charge in [-0.1, -0.05) is 12.1 Å². The predicted octanol–water partition coefficient (Wildman–Crippen LogP) is 2.17. The highest BCUT2D eigenvalue weighted by atomic mass is 16.5. The molecule has 3 aromatic rings. The van der Waals surface area contributed by atoms with E-state index < -0.39 is 0 Å². The molecule has 0 fully saturated rings. The maximum Gasteiger partial charge on any atom is 0.213 e. The molecule has 0 aliphatic carbocycles. The summed E-state index contributed by atoms with van der Waals surface area (Å²) < 4.78 is 7.51. The van der Waals surface area contributed by atoms with Gasteiger partial charge in [0.1, 0.15) is 0 Å². The Labute approximate surface area is 158 Å². The molecular weight excluding hydrogens is 342 g/mol. The first kappa shape index (κ1) is 18.6. The minimum atomic E-state index is 0.110. The lowest BCUT2D eigenvalue weighted by Crippen LogP contribution is -2.37. The van der Waals surface area contributed by atoms with Gasteiger partial charge in [0.2, 0.25) is 5.88 Å². The third-order valence-corrected chi connectivity index (χ3v) is 3.72. The lowest BCUT2D eigenvalue weighted by Gasteiger charge is -2.11. The van der Waals surface area contributed by atoms with Gasteiger partial charge in [0, 0.05) is 25.0 Å². The molecule has 3 rings (SSSR count). The molecule has 8 heteroatoms. The van der Waals surface area contributed by atoms with Crippen LogP contribution in [0.4, 0.5) is 0 Å². The average molecular weight is 367 g/mol. The maximum absolute atomic E-state index is 5.56. The predicted molar refractivity (Wildman–Crippen MR) is 105 cm³/mol. The Morgan fingerprint density at radius 2 is 2.07 bits per heavy atom. The zero-order valence-corrected chi connectivity index (χ0v) is 15.9. The summed E-state index contributed by atoms with van der Waals surface area (Å²) in [6, 6.07) is 9.67. The van der Waals surface area contributed by atoms with Crippen LogP contribution in [0.25, 0.3) is 5.65 Å². The van der Waals surface area contributed by atoms with Crippen LogP contribution in [0.5, 0.6) is 5.88 Å². The van der Waals surface area contributed by atoms with Crippen LogP contribution in [-0.2, 0) is 13.1 Å². The van der Waals surface area contributed by atoms with Crippen LogP contribution in [0.2, 0.25) is 0 Å². The molecule has 3 heterocycles. The van der Waals surface area contributed by atoms with E-state index in [1.165, 1.54) is 0 Å². The van der Waals surface area contributed by atoms with Crippen molar-refractivity contribution in [1.82, 2.24) is 30.2 Å². The molecule has 0 aliphatic rings. The summed E-state index contributed by atoms with van der Waals surface area (Å²) in [4.78, 5) is 8.92. The quantitative estimate of drug-likeness (QED) is 0.491. The Morgan fingerprint density at radius 3 is 2.81 bits per heavy atom. The van der Waals surface area contributed by atoms with Crippen molar-refractivity contribution in [3.8, 4) is 5.88 Å². The largest absolute Gasteiger partial charge is 0.475 e. The Balaban J connectivity index is 1.62. The fourth-order valence-electron chi connectivity index (χ4n) is 2.50. The standard InChI is InChI=1S/C19H25N7O/c1-4-20-19(22-12-15-8-9-18(21-11-15)27-14(2)3)23-13-17-25-24-16-7-5-6-10-26(16)17/h5-11,14H,4,12-13H2,1-3H3,(H2,20,22,23). The maximum atomic E-state index is 5.56. The second kappa shape index (κ2) is 8.98. The number of aromatic nitrogens is 4. The van der Waals surface area contributed by atoms with E-state index in [1.807, 2.05) is 61.7 Å². The summed E-state index contributed by atoms with van der Waals surface area (Å²) in [5.74, 6) is 2.17. The van der Waals surface area contributed by atoms with E-state index in [0.717, 1.165) is 23.6 Å². The van der Waals surface area contributed by atoms with Gasteiger partial charge >= 0.3 is 0 Å². The zero-order valence-electron chi connectivity index (χ0n) is 15.9. The summed E-state index contributed by atoms with van der Waals surface area (Å²) in [6.07, 6.45) is 3.85. The van der Waals surface area contributed by atoms with Gasteiger partial charge in [-0.15, -0.1) is 10.2 Å². The van der Waals surface area contributed by atoms with Crippen LogP contribution in [0.3, 0.4) is 0 Å². The Hall–Kier alpha value is -3.16. The van der Waals surface area contributed by atoms with Crippen molar-refractivity contribution >= 4 is 11.6 Å². The summed E-state index contributed by atoms with van der Waals surface area (Å²) in [6.45, 7) is 7.80. The van der Waals surface area contributed by atoms with Crippen molar-refractivity contribution in [2.24, 2.45) is 4.99 Å². The molecule has 2 N–H and O–H groups in total. The van der Waals surface area contributed by atoms with E-state index in [1.54, 1.807) is 6.20 Å². The molecule has 0 bridgehead atoms. The normalized spacial score (nSPS) is 11.8. The highest BCUT2D eigenvalue weighted by Crippen LogP contribution is 2.10. The third kappa shape index (κ3) is 5.16. The van der Waals surface area contributed by atoms with E-state index in [4.69, 9.17) is 4.74 Å². The second-order valence-electron chi connectivity index (χ2n) is 6.27. The molecule has 8 nitrogen and oxygen atoms in total. The van der Waals surface area contributed by atoms with Crippen molar-refractivity contribution in [1.29, 1.82) is 0 Å². The van der Waals surface area contributed by atoms with E-state index >= 15 is 0 Å². The zero-order chi connectivity index (χ0) is 19.1. The summed E-state index contributed by atoms with van der Waals surface area (Å²) in [5.41, 5.74) is 1.84. The highest BCUT2D eigenvalue weighted by Gasteiger charge is 2.06. The van der Waals surface area contributed by atoms with Crippen molar-refractivity contribution in [2.75, 3.05) is 6.54 Å². The van der Waals surface area contributed by atoms with E-state index in [9.17, 15) is 0 Å². The van der Waals surface area contributed by atoms with Crippen LogP contribution < -0.4 is 15.4 Å².